The Labute approximate surface area is 203 Å². The summed E-state index contributed by atoms with van der Waals surface area (Å²) in [7, 11) is 0. The van der Waals surface area contributed by atoms with E-state index in [0.29, 0.717) is 27.8 Å². The normalized spacial score (nSPS) is 15.0. The lowest BCUT2D eigenvalue weighted by atomic mass is 9.97. The highest BCUT2D eigenvalue weighted by Crippen LogP contribution is 2.41. The minimum Gasteiger partial charge on any atom is -0.462 e. The lowest BCUT2D eigenvalue weighted by Gasteiger charge is -2.25. The Morgan fingerprint density at radius 2 is 1.74 bits per heavy atom. The van der Waals surface area contributed by atoms with Gasteiger partial charge in [-0.25, -0.2) is 4.79 Å². The molecule has 0 N–H and O–H groups in total. The first kappa shape index (κ1) is 22.1. The van der Waals surface area contributed by atoms with Gasteiger partial charge in [0.2, 0.25) is 5.76 Å². The monoisotopic (exact) mass is 517 g/mol. The van der Waals surface area contributed by atoms with E-state index in [-0.39, 0.29) is 17.8 Å². The van der Waals surface area contributed by atoms with Crippen LogP contribution in [0.2, 0.25) is 0 Å². The standard InChI is InChI=1S/C27H20BrNO5/c1-3-33-27(32)17-8-11-19(12-9-17)29-23(16-6-4-15(2)5-7-16)22-24(30)20-14-18(28)10-13-21(20)34-25(22)26(29)31/h4-14,23H,3H2,1-2H3. The van der Waals surface area contributed by atoms with Gasteiger partial charge < -0.3 is 9.15 Å². The first-order valence-electron chi connectivity index (χ1n) is 10.8. The van der Waals surface area contributed by atoms with Crippen molar-refractivity contribution in [3.8, 4) is 0 Å². The first-order chi connectivity index (χ1) is 16.4. The van der Waals surface area contributed by atoms with Gasteiger partial charge in [-0.1, -0.05) is 45.8 Å². The van der Waals surface area contributed by atoms with Gasteiger partial charge in [-0.15, -0.1) is 0 Å². The third-order valence-electron chi connectivity index (χ3n) is 5.88. The van der Waals surface area contributed by atoms with E-state index in [1.807, 2.05) is 31.2 Å². The van der Waals surface area contributed by atoms with Crippen molar-refractivity contribution in [3.63, 3.8) is 0 Å². The molecule has 2 heterocycles. The number of esters is 1. The number of halogens is 1. The van der Waals surface area contributed by atoms with Gasteiger partial charge in [0.25, 0.3) is 5.91 Å². The summed E-state index contributed by atoms with van der Waals surface area (Å²) in [4.78, 5) is 40.9. The van der Waals surface area contributed by atoms with Gasteiger partial charge in [0, 0.05) is 10.2 Å². The summed E-state index contributed by atoms with van der Waals surface area (Å²) in [5.74, 6) is -0.819. The Kier molecular flexibility index (Phi) is 5.57. The summed E-state index contributed by atoms with van der Waals surface area (Å²) >= 11 is 3.41. The topological polar surface area (TPSA) is 76.8 Å². The van der Waals surface area contributed by atoms with Crippen molar-refractivity contribution in [2.75, 3.05) is 11.5 Å². The second-order valence-electron chi connectivity index (χ2n) is 8.07. The number of rotatable bonds is 4. The molecule has 0 saturated heterocycles. The van der Waals surface area contributed by atoms with Crippen LogP contribution in [0.3, 0.4) is 0 Å². The molecule has 3 aromatic carbocycles. The van der Waals surface area contributed by atoms with Crippen LogP contribution in [0.4, 0.5) is 5.69 Å². The molecule has 1 aliphatic rings. The van der Waals surface area contributed by atoms with Crippen LogP contribution < -0.4 is 10.3 Å². The number of nitrogens with zero attached hydrogens (tertiary/aromatic N) is 1. The average Bonchev–Trinajstić information content (AvgIpc) is 3.13. The van der Waals surface area contributed by atoms with Crippen molar-refractivity contribution in [2.24, 2.45) is 0 Å². The fraction of sp³-hybridized carbons (Fsp3) is 0.148. The van der Waals surface area contributed by atoms with Gasteiger partial charge in [-0.2, -0.15) is 0 Å². The van der Waals surface area contributed by atoms with Crippen molar-refractivity contribution in [3.05, 3.63) is 109 Å². The van der Waals surface area contributed by atoms with Crippen LogP contribution in [0.25, 0.3) is 11.0 Å². The van der Waals surface area contributed by atoms with Gasteiger partial charge in [0.05, 0.1) is 29.2 Å². The number of ether oxygens (including phenoxy) is 1. The number of benzene rings is 3. The average molecular weight is 518 g/mol. The molecule has 1 aliphatic heterocycles. The largest absolute Gasteiger partial charge is 0.462 e. The number of anilines is 1. The van der Waals surface area contributed by atoms with E-state index in [1.54, 1.807) is 54.3 Å². The van der Waals surface area contributed by atoms with Crippen LogP contribution in [0, 0.1) is 6.92 Å². The highest BCUT2D eigenvalue weighted by molar-refractivity contribution is 9.10. The first-order valence-corrected chi connectivity index (χ1v) is 11.6. The molecule has 0 saturated carbocycles. The quantitative estimate of drug-likeness (QED) is 0.320. The van der Waals surface area contributed by atoms with Crippen LogP contribution in [-0.4, -0.2) is 18.5 Å². The number of hydrogen-bond donors (Lipinski definition) is 0. The van der Waals surface area contributed by atoms with Crippen LogP contribution in [-0.2, 0) is 4.74 Å². The smallest absolute Gasteiger partial charge is 0.338 e. The van der Waals surface area contributed by atoms with Crippen molar-refractivity contribution in [1.29, 1.82) is 0 Å². The summed E-state index contributed by atoms with van der Waals surface area (Å²) in [5, 5.41) is 0.401. The van der Waals surface area contributed by atoms with Crippen LogP contribution >= 0.6 is 15.9 Å². The lowest BCUT2D eigenvalue weighted by Crippen LogP contribution is -2.29. The molecule has 0 fully saturated rings. The van der Waals surface area contributed by atoms with E-state index in [0.717, 1.165) is 15.6 Å². The molecule has 0 bridgehead atoms. The zero-order valence-corrected chi connectivity index (χ0v) is 20.1. The lowest BCUT2D eigenvalue weighted by molar-refractivity contribution is 0.0526. The van der Waals surface area contributed by atoms with Crippen molar-refractivity contribution >= 4 is 44.5 Å². The van der Waals surface area contributed by atoms with E-state index >= 15 is 0 Å². The highest BCUT2D eigenvalue weighted by atomic mass is 79.9. The molecule has 0 radical (unpaired) electrons. The Bertz CT molecular complexity index is 1490. The summed E-state index contributed by atoms with van der Waals surface area (Å²) in [6.45, 7) is 3.99. The number of aryl methyl sites for hydroxylation is 1. The second kappa shape index (κ2) is 8.57. The molecule has 1 aromatic heterocycles. The zero-order valence-electron chi connectivity index (χ0n) is 18.5. The molecule has 170 valence electrons. The Morgan fingerprint density at radius 1 is 1.03 bits per heavy atom. The fourth-order valence-electron chi connectivity index (χ4n) is 4.25. The summed E-state index contributed by atoms with van der Waals surface area (Å²) in [5.41, 5.74) is 3.17. The zero-order chi connectivity index (χ0) is 24.0. The molecule has 0 aliphatic carbocycles. The van der Waals surface area contributed by atoms with Crippen LogP contribution in [0.15, 0.2) is 80.4 Å². The third kappa shape index (κ3) is 3.62. The molecule has 0 spiro atoms. The molecule has 4 aromatic rings. The fourth-order valence-corrected chi connectivity index (χ4v) is 4.61. The maximum Gasteiger partial charge on any atom is 0.338 e. The molecular weight excluding hydrogens is 498 g/mol. The predicted molar refractivity (Wildman–Crippen MR) is 132 cm³/mol. The molecule has 1 amide bonds. The number of hydrogen-bond acceptors (Lipinski definition) is 5. The predicted octanol–water partition coefficient (Wildman–Crippen LogP) is 5.79. The van der Waals surface area contributed by atoms with E-state index < -0.39 is 17.9 Å². The maximum atomic E-state index is 13.6. The van der Waals surface area contributed by atoms with Gasteiger partial charge >= 0.3 is 5.97 Å². The Morgan fingerprint density at radius 3 is 2.41 bits per heavy atom. The molecule has 1 unspecified atom stereocenters. The van der Waals surface area contributed by atoms with Gasteiger partial charge in [0.15, 0.2) is 5.43 Å². The van der Waals surface area contributed by atoms with Gasteiger partial charge in [-0.3, -0.25) is 14.5 Å². The number of carbonyl (C=O) groups is 2. The SMILES string of the molecule is CCOC(=O)c1ccc(N2C(=O)c3oc4ccc(Br)cc4c(=O)c3C2c2ccc(C)cc2)cc1. The third-order valence-corrected chi connectivity index (χ3v) is 6.38. The van der Waals surface area contributed by atoms with Crippen molar-refractivity contribution in [1.82, 2.24) is 0 Å². The Hall–Kier alpha value is -3.71. The van der Waals surface area contributed by atoms with E-state index in [4.69, 9.17) is 9.15 Å². The molecule has 1 atom stereocenters. The van der Waals surface area contributed by atoms with Crippen molar-refractivity contribution in [2.45, 2.75) is 19.9 Å². The van der Waals surface area contributed by atoms with Crippen LogP contribution in [0.5, 0.6) is 0 Å². The summed E-state index contributed by atoms with van der Waals surface area (Å²) in [6, 6.07) is 18.8. The van der Waals surface area contributed by atoms with Crippen LogP contribution in [0.1, 0.15) is 50.6 Å². The molecule has 6 nitrogen and oxygen atoms in total. The molecular formula is C27H20BrNO5. The van der Waals surface area contributed by atoms with Gasteiger partial charge in [-0.05, 0) is 61.9 Å². The van der Waals surface area contributed by atoms with Crippen molar-refractivity contribution < 1.29 is 18.7 Å². The van der Waals surface area contributed by atoms with Gasteiger partial charge in [0.1, 0.15) is 5.58 Å². The Balaban J connectivity index is 1.70. The molecule has 7 heteroatoms. The minimum atomic E-state index is -0.670. The number of fused-ring (bicyclic) bond motifs is 2. The highest BCUT2D eigenvalue weighted by Gasteiger charge is 2.43. The second-order valence-corrected chi connectivity index (χ2v) is 8.99. The summed E-state index contributed by atoms with van der Waals surface area (Å²) in [6.07, 6.45) is 0. The molecule has 5 rings (SSSR count). The summed E-state index contributed by atoms with van der Waals surface area (Å²) < 4.78 is 11.8. The van der Waals surface area contributed by atoms with E-state index in [2.05, 4.69) is 15.9 Å². The maximum absolute atomic E-state index is 13.6. The molecule has 34 heavy (non-hydrogen) atoms. The number of amides is 1. The minimum absolute atomic E-state index is 0.0277. The van der Waals surface area contributed by atoms with E-state index in [1.165, 1.54) is 0 Å². The van der Waals surface area contributed by atoms with E-state index in [9.17, 15) is 14.4 Å². The number of carbonyl (C=O) groups excluding carboxylic acids is 2.